The van der Waals surface area contributed by atoms with Crippen molar-refractivity contribution < 1.29 is 9.90 Å². The van der Waals surface area contributed by atoms with Gasteiger partial charge in [-0.25, -0.2) is 4.98 Å². The molecule has 11 heavy (non-hydrogen) atoms. The number of aromatic nitrogens is 2. The molecule has 1 unspecified atom stereocenters. The molecule has 0 saturated carbocycles. The van der Waals surface area contributed by atoms with Crippen molar-refractivity contribution in [1.82, 2.24) is 9.97 Å². The van der Waals surface area contributed by atoms with Gasteiger partial charge in [-0.2, -0.15) is 0 Å². The van der Waals surface area contributed by atoms with E-state index in [0.29, 0.717) is 6.42 Å². The van der Waals surface area contributed by atoms with Crippen molar-refractivity contribution >= 4 is 5.78 Å². The Hall–Kier alpha value is -1.16. The van der Waals surface area contributed by atoms with Crippen LogP contribution in [0, 0.1) is 0 Å². The molecule has 1 heterocycles. The molecule has 4 heteroatoms. The molecule has 0 bridgehead atoms. The van der Waals surface area contributed by atoms with E-state index in [-0.39, 0.29) is 5.78 Å². The summed E-state index contributed by atoms with van der Waals surface area (Å²) in [6, 6.07) is 0. The number of hydrogen-bond donors (Lipinski definition) is 2. The molecule has 4 nitrogen and oxygen atoms in total. The Balaban J connectivity index is 2.50. The Morgan fingerprint density at radius 3 is 3.09 bits per heavy atom. The lowest BCUT2D eigenvalue weighted by Gasteiger charge is -2.02. The molecule has 0 saturated heterocycles. The molecule has 60 valence electrons. The molecular weight excluding hydrogens is 144 g/mol. The third kappa shape index (κ3) is 2.16. The van der Waals surface area contributed by atoms with E-state index in [4.69, 9.17) is 5.11 Å². The van der Waals surface area contributed by atoms with Crippen LogP contribution in [0.15, 0.2) is 12.5 Å². The molecule has 1 rings (SSSR count). The predicted molar refractivity (Wildman–Crippen MR) is 39.0 cm³/mol. The van der Waals surface area contributed by atoms with Gasteiger partial charge in [0, 0.05) is 18.3 Å². The van der Waals surface area contributed by atoms with Crippen LogP contribution in [-0.2, 0) is 11.2 Å². The number of hydrogen-bond acceptors (Lipinski definition) is 3. The van der Waals surface area contributed by atoms with Crippen molar-refractivity contribution in [2.24, 2.45) is 0 Å². The first-order chi connectivity index (χ1) is 5.20. The number of aliphatic hydroxyl groups is 1. The number of nitrogens with one attached hydrogen (secondary N) is 1. The summed E-state index contributed by atoms with van der Waals surface area (Å²) in [6.07, 6.45) is 2.51. The number of H-pyrrole nitrogens is 1. The number of rotatable bonds is 3. The second-order valence-electron chi connectivity index (χ2n) is 2.41. The van der Waals surface area contributed by atoms with Crippen LogP contribution < -0.4 is 0 Å². The van der Waals surface area contributed by atoms with Gasteiger partial charge in [-0.3, -0.25) is 4.79 Å². The van der Waals surface area contributed by atoms with Crippen LogP contribution in [0.2, 0.25) is 0 Å². The van der Waals surface area contributed by atoms with Crippen molar-refractivity contribution in [3.8, 4) is 0 Å². The zero-order valence-corrected chi connectivity index (χ0v) is 6.24. The Morgan fingerprint density at radius 2 is 2.64 bits per heavy atom. The van der Waals surface area contributed by atoms with Crippen LogP contribution >= 0.6 is 0 Å². The maximum absolute atomic E-state index is 10.6. The van der Waals surface area contributed by atoms with Crippen molar-refractivity contribution in [2.45, 2.75) is 19.4 Å². The number of aromatic amines is 1. The standard InChI is InChI=1S/C7H10N2O2/c1-5(10)7(11)2-6-3-8-4-9-6/h3-4,7,11H,2H2,1H3,(H,8,9). The predicted octanol–water partition coefficient (Wildman–Crippen LogP) is -0.0979. The van der Waals surface area contributed by atoms with Gasteiger partial charge in [0.05, 0.1) is 6.33 Å². The Morgan fingerprint density at radius 1 is 1.91 bits per heavy atom. The summed E-state index contributed by atoms with van der Waals surface area (Å²) in [7, 11) is 0. The molecule has 0 fully saturated rings. The van der Waals surface area contributed by atoms with E-state index >= 15 is 0 Å². The first kappa shape index (κ1) is 7.94. The summed E-state index contributed by atoms with van der Waals surface area (Å²) >= 11 is 0. The van der Waals surface area contributed by atoms with Crippen LogP contribution in [-0.4, -0.2) is 27.0 Å². The number of carbonyl (C=O) groups excluding carboxylic acids is 1. The first-order valence-corrected chi connectivity index (χ1v) is 3.36. The SMILES string of the molecule is CC(=O)C(O)Cc1cnc[nH]1. The van der Waals surface area contributed by atoms with Gasteiger partial charge in [0.15, 0.2) is 5.78 Å². The van der Waals surface area contributed by atoms with Gasteiger partial charge in [-0.1, -0.05) is 0 Å². The monoisotopic (exact) mass is 154 g/mol. The molecule has 2 N–H and O–H groups in total. The van der Waals surface area contributed by atoms with Gasteiger partial charge in [-0.15, -0.1) is 0 Å². The number of carbonyl (C=O) groups is 1. The first-order valence-electron chi connectivity index (χ1n) is 3.36. The Labute approximate surface area is 64.3 Å². The second-order valence-corrected chi connectivity index (χ2v) is 2.41. The number of ketones is 1. The van der Waals surface area contributed by atoms with Crippen LogP contribution in [0.4, 0.5) is 0 Å². The Bertz CT molecular complexity index is 231. The van der Waals surface area contributed by atoms with E-state index < -0.39 is 6.10 Å². The molecule has 1 atom stereocenters. The van der Waals surface area contributed by atoms with Crippen LogP contribution in [0.1, 0.15) is 12.6 Å². The molecule has 0 spiro atoms. The zero-order chi connectivity index (χ0) is 8.27. The van der Waals surface area contributed by atoms with E-state index in [1.165, 1.54) is 13.3 Å². The Kier molecular flexibility index (Phi) is 2.38. The van der Waals surface area contributed by atoms with Crippen molar-refractivity contribution in [3.05, 3.63) is 18.2 Å². The largest absolute Gasteiger partial charge is 0.385 e. The van der Waals surface area contributed by atoms with E-state index in [1.807, 2.05) is 0 Å². The highest BCUT2D eigenvalue weighted by molar-refractivity contribution is 5.80. The van der Waals surface area contributed by atoms with Gasteiger partial charge in [0.1, 0.15) is 6.10 Å². The van der Waals surface area contributed by atoms with E-state index in [9.17, 15) is 4.79 Å². The minimum absolute atomic E-state index is 0.223. The summed E-state index contributed by atoms with van der Waals surface area (Å²) in [5.74, 6) is -0.223. The number of Topliss-reactive ketones (excluding diaryl/α,β-unsaturated/α-hetero) is 1. The van der Waals surface area contributed by atoms with Gasteiger partial charge in [-0.05, 0) is 6.92 Å². The van der Waals surface area contributed by atoms with Crippen LogP contribution in [0.3, 0.4) is 0 Å². The summed E-state index contributed by atoms with van der Waals surface area (Å²) in [5, 5.41) is 9.10. The fourth-order valence-electron chi connectivity index (χ4n) is 0.748. The zero-order valence-electron chi connectivity index (χ0n) is 6.24. The molecule has 0 aliphatic carbocycles. The second kappa shape index (κ2) is 3.30. The summed E-state index contributed by atoms with van der Waals surface area (Å²) in [4.78, 5) is 17.1. The third-order valence-corrected chi connectivity index (χ3v) is 1.44. The highest BCUT2D eigenvalue weighted by atomic mass is 16.3. The maximum Gasteiger partial charge on any atom is 0.158 e. The molecule has 0 amide bonds. The summed E-state index contributed by atoms with van der Waals surface area (Å²) in [6.45, 7) is 1.36. The van der Waals surface area contributed by atoms with E-state index in [2.05, 4.69) is 9.97 Å². The number of aliphatic hydroxyl groups excluding tert-OH is 1. The summed E-state index contributed by atoms with van der Waals surface area (Å²) in [5.41, 5.74) is 0.771. The average molecular weight is 154 g/mol. The smallest absolute Gasteiger partial charge is 0.158 e. The molecule has 0 aromatic carbocycles. The van der Waals surface area contributed by atoms with Crippen molar-refractivity contribution in [2.75, 3.05) is 0 Å². The molecule has 0 aliphatic heterocycles. The molecule has 1 aromatic heterocycles. The molecule has 1 aromatic rings. The van der Waals surface area contributed by atoms with Crippen molar-refractivity contribution in [1.29, 1.82) is 0 Å². The van der Waals surface area contributed by atoms with Gasteiger partial charge < -0.3 is 10.1 Å². The normalized spacial score (nSPS) is 12.9. The lowest BCUT2D eigenvalue weighted by atomic mass is 10.1. The van der Waals surface area contributed by atoms with Crippen LogP contribution in [0.25, 0.3) is 0 Å². The quantitative estimate of drug-likeness (QED) is 0.639. The lowest BCUT2D eigenvalue weighted by molar-refractivity contribution is -0.124. The maximum atomic E-state index is 10.6. The fourth-order valence-corrected chi connectivity index (χ4v) is 0.748. The van der Waals surface area contributed by atoms with Gasteiger partial charge in [0.2, 0.25) is 0 Å². The molecule has 0 radical (unpaired) electrons. The van der Waals surface area contributed by atoms with Gasteiger partial charge >= 0.3 is 0 Å². The van der Waals surface area contributed by atoms with E-state index in [0.717, 1.165) is 5.69 Å². The van der Waals surface area contributed by atoms with Crippen LogP contribution in [0.5, 0.6) is 0 Å². The van der Waals surface area contributed by atoms with Gasteiger partial charge in [0.25, 0.3) is 0 Å². The molecular formula is C7H10N2O2. The highest BCUT2D eigenvalue weighted by Crippen LogP contribution is 1.98. The van der Waals surface area contributed by atoms with Crippen molar-refractivity contribution in [3.63, 3.8) is 0 Å². The average Bonchev–Trinajstić information content (AvgIpc) is 2.39. The lowest BCUT2D eigenvalue weighted by Crippen LogP contribution is -2.19. The summed E-state index contributed by atoms with van der Waals surface area (Å²) < 4.78 is 0. The highest BCUT2D eigenvalue weighted by Gasteiger charge is 2.10. The number of nitrogens with zero attached hydrogens (tertiary/aromatic N) is 1. The topological polar surface area (TPSA) is 66.0 Å². The fraction of sp³-hybridized carbons (Fsp3) is 0.429. The minimum atomic E-state index is -0.907. The number of imidazole rings is 1. The van der Waals surface area contributed by atoms with E-state index in [1.54, 1.807) is 6.20 Å². The third-order valence-electron chi connectivity index (χ3n) is 1.44. The molecule has 0 aliphatic rings. The minimum Gasteiger partial charge on any atom is -0.385 e.